The lowest BCUT2D eigenvalue weighted by Gasteiger charge is -2.36. The molecular formula is C14H16ClNOS. The van der Waals surface area contributed by atoms with Crippen molar-refractivity contribution in [1.29, 1.82) is 0 Å². The van der Waals surface area contributed by atoms with Gasteiger partial charge in [0.2, 0.25) is 0 Å². The molecule has 1 aliphatic heterocycles. The highest BCUT2D eigenvalue weighted by Crippen LogP contribution is 2.40. The second-order valence-electron chi connectivity index (χ2n) is 4.98. The summed E-state index contributed by atoms with van der Waals surface area (Å²) < 4.78 is 1.21. The van der Waals surface area contributed by atoms with Gasteiger partial charge in [-0.15, -0.1) is 11.3 Å². The molecule has 1 fully saturated rings. The number of thiophene rings is 1. The predicted octanol–water partition coefficient (Wildman–Crippen LogP) is 3.17. The number of benzene rings is 1. The van der Waals surface area contributed by atoms with E-state index in [2.05, 4.69) is 16.8 Å². The van der Waals surface area contributed by atoms with Crippen LogP contribution in [0.1, 0.15) is 18.4 Å². The number of halogens is 1. The molecule has 0 spiro atoms. The Morgan fingerprint density at radius 3 is 2.83 bits per heavy atom. The van der Waals surface area contributed by atoms with Gasteiger partial charge in [0.15, 0.2) is 0 Å². The highest BCUT2D eigenvalue weighted by Gasteiger charge is 2.35. The summed E-state index contributed by atoms with van der Waals surface area (Å²) in [6, 6.07) is 6.03. The summed E-state index contributed by atoms with van der Waals surface area (Å²) in [5, 5.41) is 17.5. The minimum Gasteiger partial charge on any atom is -0.395 e. The average Bonchev–Trinajstić information content (AvgIpc) is 2.83. The average molecular weight is 282 g/mol. The van der Waals surface area contributed by atoms with Gasteiger partial charge in [0.05, 0.1) is 6.61 Å². The SMILES string of the molecule is OCC1(c2csc3cc(Cl)ccc23)CCNCC1. The summed E-state index contributed by atoms with van der Waals surface area (Å²) in [6.07, 6.45) is 2.00. The van der Waals surface area contributed by atoms with Crippen LogP contribution in [0.25, 0.3) is 10.1 Å². The first-order chi connectivity index (χ1) is 8.75. The van der Waals surface area contributed by atoms with Gasteiger partial charge >= 0.3 is 0 Å². The van der Waals surface area contributed by atoms with Crippen molar-refractivity contribution in [2.75, 3.05) is 19.7 Å². The Bertz CT molecular complexity index is 560. The standard InChI is InChI=1S/C14H16ClNOS/c15-10-1-2-11-12(8-18-13(11)7-10)14(9-17)3-5-16-6-4-14/h1-2,7-8,16-17H,3-6,9H2. The van der Waals surface area contributed by atoms with Gasteiger partial charge in [-0.25, -0.2) is 0 Å². The largest absolute Gasteiger partial charge is 0.395 e. The summed E-state index contributed by atoms with van der Waals surface area (Å²) in [5.74, 6) is 0. The van der Waals surface area contributed by atoms with Crippen LogP contribution in [0.5, 0.6) is 0 Å². The molecule has 0 bridgehead atoms. The minimum atomic E-state index is -0.0721. The van der Waals surface area contributed by atoms with Gasteiger partial charge in [0.25, 0.3) is 0 Å². The van der Waals surface area contributed by atoms with E-state index in [4.69, 9.17) is 11.6 Å². The quantitative estimate of drug-likeness (QED) is 0.886. The van der Waals surface area contributed by atoms with E-state index in [1.54, 1.807) is 11.3 Å². The Morgan fingerprint density at radius 1 is 1.33 bits per heavy atom. The zero-order valence-electron chi connectivity index (χ0n) is 10.1. The molecule has 2 heterocycles. The van der Waals surface area contributed by atoms with Crippen molar-refractivity contribution in [2.45, 2.75) is 18.3 Å². The first kappa shape index (κ1) is 12.4. The molecule has 1 aromatic heterocycles. The first-order valence-electron chi connectivity index (χ1n) is 6.24. The van der Waals surface area contributed by atoms with Crippen LogP contribution in [0.2, 0.25) is 5.02 Å². The summed E-state index contributed by atoms with van der Waals surface area (Å²) in [7, 11) is 0. The Morgan fingerprint density at radius 2 is 2.11 bits per heavy atom. The fourth-order valence-corrected chi connectivity index (χ4v) is 4.19. The van der Waals surface area contributed by atoms with Crippen molar-refractivity contribution in [3.8, 4) is 0 Å². The van der Waals surface area contributed by atoms with Crippen LogP contribution in [0.3, 0.4) is 0 Å². The Hall–Kier alpha value is -0.610. The maximum atomic E-state index is 9.88. The number of piperidine rings is 1. The Balaban J connectivity index is 2.12. The first-order valence-corrected chi connectivity index (χ1v) is 7.50. The lowest BCUT2D eigenvalue weighted by molar-refractivity contribution is 0.160. The number of rotatable bonds is 2. The zero-order chi connectivity index (χ0) is 12.6. The number of aliphatic hydroxyl groups is 1. The zero-order valence-corrected chi connectivity index (χ0v) is 11.7. The van der Waals surface area contributed by atoms with E-state index in [1.807, 2.05) is 12.1 Å². The normalized spacial score (nSPS) is 19.2. The number of aliphatic hydroxyl groups excluding tert-OH is 1. The third-order valence-corrected chi connectivity index (χ3v) is 5.15. The summed E-state index contributed by atoms with van der Waals surface area (Å²) >= 11 is 7.75. The molecule has 0 unspecified atom stereocenters. The molecule has 2 nitrogen and oxygen atoms in total. The van der Waals surface area contributed by atoms with Crippen molar-refractivity contribution in [2.24, 2.45) is 0 Å². The fourth-order valence-electron chi connectivity index (χ4n) is 2.83. The molecule has 0 saturated carbocycles. The third-order valence-electron chi connectivity index (χ3n) is 3.97. The second-order valence-corrected chi connectivity index (χ2v) is 6.33. The van der Waals surface area contributed by atoms with E-state index in [0.29, 0.717) is 0 Å². The second kappa shape index (κ2) is 4.82. The van der Waals surface area contributed by atoms with Gasteiger partial charge in [-0.3, -0.25) is 0 Å². The maximum Gasteiger partial charge on any atom is 0.0529 e. The van der Waals surface area contributed by atoms with E-state index in [-0.39, 0.29) is 12.0 Å². The molecule has 1 saturated heterocycles. The molecule has 0 atom stereocenters. The number of hydrogen-bond acceptors (Lipinski definition) is 3. The van der Waals surface area contributed by atoms with Crippen LogP contribution in [0.4, 0.5) is 0 Å². The van der Waals surface area contributed by atoms with Gasteiger partial charge in [0, 0.05) is 15.1 Å². The molecule has 0 amide bonds. The molecule has 0 aliphatic carbocycles. The van der Waals surface area contributed by atoms with Crippen LogP contribution in [0, 0.1) is 0 Å². The Kier molecular flexibility index (Phi) is 3.32. The van der Waals surface area contributed by atoms with Gasteiger partial charge < -0.3 is 10.4 Å². The lowest BCUT2D eigenvalue weighted by atomic mass is 9.74. The minimum absolute atomic E-state index is 0.0721. The van der Waals surface area contributed by atoms with Crippen LogP contribution in [-0.4, -0.2) is 24.8 Å². The number of hydrogen-bond donors (Lipinski definition) is 2. The van der Waals surface area contributed by atoms with Crippen molar-refractivity contribution < 1.29 is 5.11 Å². The number of fused-ring (bicyclic) bond motifs is 1. The van der Waals surface area contributed by atoms with E-state index in [0.717, 1.165) is 31.0 Å². The van der Waals surface area contributed by atoms with Crippen LogP contribution in [0.15, 0.2) is 23.6 Å². The molecule has 3 rings (SSSR count). The highest BCUT2D eigenvalue weighted by atomic mass is 35.5. The van der Waals surface area contributed by atoms with Gasteiger partial charge in [-0.1, -0.05) is 17.7 Å². The lowest BCUT2D eigenvalue weighted by Crippen LogP contribution is -2.42. The van der Waals surface area contributed by atoms with Crippen molar-refractivity contribution in [3.63, 3.8) is 0 Å². The van der Waals surface area contributed by atoms with Crippen LogP contribution >= 0.6 is 22.9 Å². The van der Waals surface area contributed by atoms with Crippen LogP contribution < -0.4 is 5.32 Å². The molecule has 0 radical (unpaired) electrons. The van der Waals surface area contributed by atoms with E-state index >= 15 is 0 Å². The third kappa shape index (κ3) is 1.95. The predicted molar refractivity (Wildman–Crippen MR) is 77.7 cm³/mol. The number of nitrogens with one attached hydrogen (secondary N) is 1. The molecule has 2 aromatic rings. The van der Waals surface area contributed by atoms with E-state index < -0.39 is 0 Å². The molecule has 96 valence electrons. The molecule has 2 N–H and O–H groups in total. The van der Waals surface area contributed by atoms with Gasteiger partial charge in [0.1, 0.15) is 0 Å². The molecule has 18 heavy (non-hydrogen) atoms. The molecular weight excluding hydrogens is 266 g/mol. The Labute approximate surface area is 116 Å². The summed E-state index contributed by atoms with van der Waals surface area (Å²) in [5.41, 5.74) is 1.22. The topological polar surface area (TPSA) is 32.3 Å². The van der Waals surface area contributed by atoms with Crippen molar-refractivity contribution >= 4 is 33.0 Å². The monoisotopic (exact) mass is 281 g/mol. The molecule has 4 heteroatoms. The molecule has 1 aliphatic rings. The fraction of sp³-hybridized carbons (Fsp3) is 0.429. The smallest absolute Gasteiger partial charge is 0.0529 e. The molecule has 1 aromatic carbocycles. The van der Waals surface area contributed by atoms with Gasteiger partial charge in [-0.05, 0) is 54.4 Å². The summed E-state index contributed by atoms with van der Waals surface area (Å²) in [6.45, 7) is 2.18. The highest BCUT2D eigenvalue weighted by molar-refractivity contribution is 7.17. The van der Waals surface area contributed by atoms with E-state index in [1.165, 1.54) is 15.6 Å². The maximum absolute atomic E-state index is 9.88. The van der Waals surface area contributed by atoms with Crippen molar-refractivity contribution in [1.82, 2.24) is 5.32 Å². The van der Waals surface area contributed by atoms with Gasteiger partial charge in [-0.2, -0.15) is 0 Å². The summed E-state index contributed by atoms with van der Waals surface area (Å²) in [4.78, 5) is 0. The van der Waals surface area contributed by atoms with E-state index in [9.17, 15) is 5.11 Å². The van der Waals surface area contributed by atoms with Crippen LogP contribution in [-0.2, 0) is 5.41 Å². The van der Waals surface area contributed by atoms with Crippen molar-refractivity contribution in [3.05, 3.63) is 34.2 Å².